The fourth-order valence-electron chi connectivity index (χ4n) is 3.43. The lowest BCUT2D eigenvalue weighted by atomic mass is 10.0. The first-order valence-corrected chi connectivity index (χ1v) is 8.76. The Labute approximate surface area is 148 Å². The van der Waals surface area contributed by atoms with Gasteiger partial charge >= 0.3 is 0 Å². The maximum absolute atomic E-state index is 5.47. The van der Waals surface area contributed by atoms with E-state index in [0.29, 0.717) is 0 Å². The van der Waals surface area contributed by atoms with E-state index in [1.54, 1.807) is 0 Å². The topological polar surface area (TPSA) is 15.3 Å². The summed E-state index contributed by atoms with van der Waals surface area (Å²) in [5, 5.41) is 5.85. The Morgan fingerprint density at radius 3 is 2.54 bits per heavy atom. The lowest BCUT2D eigenvalue weighted by molar-refractivity contribution is 0.835. The average molecular weight is 332 g/mol. The van der Waals surface area contributed by atoms with Crippen LogP contribution in [0.5, 0.6) is 0 Å². The summed E-state index contributed by atoms with van der Waals surface area (Å²) in [5.74, 6) is 0. The van der Waals surface area contributed by atoms with Crippen molar-refractivity contribution in [3.05, 3.63) is 71.3 Å². The van der Waals surface area contributed by atoms with E-state index in [9.17, 15) is 0 Å². The monoisotopic (exact) mass is 332 g/mol. The summed E-state index contributed by atoms with van der Waals surface area (Å²) < 4.78 is 0. The Balaban J connectivity index is 1.79. The fourth-order valence-corrected chi connectivity index (χ4v) is 3.71. The first kappa shape index (κ1) is 15.2. The number of nitrogens with zero attached hydrogens (tertiary/aromatic N) is 1. The molecule has 3 aromatic carbocycles. The van der Waals surface area contributed by atoms with Crippen molar-refractivity contribution >= 4 is 39.4 Å². The van der Waals surface area contributed by atoms with Crippen molar-refractivity contribution in [1.82, 2.24) is 0 Å². The molecule has 120 valence electrons. The van der Waals surface area contributed by atoms with Crippen molar-refractivity contribution in [3.8, 4) is 0 Å². The minimum atomic E-state index is 0.828. The molecular formula is C21H20N2S. The number of thiocarbonyl (C=S) groups is 1. The molecular weight excluding hydrogens is 312 g/mol. The van der Waals surface area contributed by atoms with Crippen LogP contribution in [0, 0.1) is 6.92 Å². The SMILES string of the molecule is CCN(Cc1ccc(C)cc1)c1ccc2c3c(cccc13)C(=S)N2. The fraction of sp³-hybridized carbons (Fsp3) is 0.190. The van der Waals surface area contributed by atoms with E-state index in [1.165, 1.54) is 27.6 Å². The first-order valence-electron chi connectivity index (χ1n) is 8.35. The molecule has 0 aliphatic carbocycles. The molecule has 0 radical (unpaired) electrons. The molecule has 1 aliphatic heterocycles. The zero-order valence-corrected chi connectivity index (χ0v) is 14.8. The van der Waals surface area contributed by atoms with Gasteiger partial charge in [-0.2, -0.15) is 0 Å². The highest BCUT2D eigenvalue weighted by Crippen LogP contribution is 2.39. The molecule has 0 atom stereocenters. The summed E-state index contributed by atoms with van der Waals surface area (Å²) in [4.78, 5) is 3.25. The van der Waals surface area contributed by atoms with Gasteiger partial charge in [-0.15, -0.1) is 0 Å². The molecule has 3 aromatic rings. The Bertz CT molecular complexity index is 928. The number of rotatable bonds is 4. The van der Waals surface area contributed by atoms with Crippen LogP contribution in [0.2, 0.25) is 0 Å². The smallest absolute Gasteiger partial charge is 0.111 e. The Morgan fingerprint density at radius 2 is 1.79 bits per heavy atom. The van der Waals surface area contributed by atoms with E-state index < -0.39 is 0 Å². The number of aryl methyl sites for hydroxylation is 1. The summed E-state index contributed by atoms with van der Waals surface area (Å²) in [5.41, 5.74) is 6.17. The predicted molar refractivity (Wildman–Crippen MR) is 107 cm³/mol. The van der Waals surface area contributed by atoms with Crippen LogP contribution in [0.3, 0.4) is 0 Å². The third-order valence-electron chi connectivity index (χ3n) is 4.73. The van der Waals surface area contributed by atoms with Crippen LogP contribution in [-0.4, -0.2) is 11.5 Å². The van der Waals surface area contributed by atoms with Gasteiger partial charge in [0, 0.05) is 40.8 Å². The highest BCUT2D eigenvalue weighted by molar-refractivity contribution is 7.81. The third-order valence-corrected chi connectivity index (χ3v) is 5.05. The van der Waals surface area contributed by atoms with Crippen LogP contribution in [0.15, 0.2) is 54.6 Å². The average Bonchev–Trinajstić information content (AvgIpc) is 2.93. The normalized spacial score (nSPS) is 12.5. The highest BCUT2D eigenvalue weighted by atomic mass is 32.1. The molecule has 1 N–H and O–H groups in total. The number of hydrogen-bond acceptors (Lipinski definition) is 2. The second kappa shape index (κ2) is 5.91. The predicted octanol–water partition coefficient (Wildman–Crippen LogP) is 5.28. The number of nitrogens with one attached hydrogen (secondary N) is 1. The lowest BCUT2D eigenvalue weighted by Crippen LogP contribution is -2.22. The third kappa shape index (κ3) is 2.45. The molecule has 24 heavy (non-hydrogen) atoms. The molecule has 0 aromatic heterocycles. The molecule has 0 unspecified atom stereocenters. The van der Waals surface area contributed by atoms with Crippen molar-refractivity contribution in [1.29, 1.82) is 0 Å². The van der Waals surface area contributed by atoms with Crippen LogP contribution in [-0.2, 0) is 6.54 Å². The number of benzene rings is 3. The van der Waals surface area contributed by atoms with Crippen LogP contribution in [0.25, 0.3) is 10.8 Å². The second-order valence-electron chi connectivity index (χ2n) is 6.31. The van der Waals surface area contributed by atoms with Gasteiger partial charge in [0.25, 0.3) is 0 Å². The molecule has 0 bridgehead atoms. The molecule has 0 saturated carbocycles. The largest absolute Gasteiger partial charge is 0.367 e. The van der Waals surface area contributed by atoms with Crippen molar-refractivity contribution in [2.75, 3.05) is 16.8 Å². The van der Waals surface area contributed by atoms with Crippen LogP contribution < -0.4 is 10.2 Å². The summed E-state index contributed by atoms with van der Waals surface area (Å²) in [6.07, 6.45) is 0. The van der Waals surface area contributed by atoms with Crippen molar-refractivity contribution < 1.29 is 0 Å². The van der Waals surface area contributed by atoms with E-state index in [2.05, 4.69) is 78.7 Å². The summed E-state index contributed by atoms with van der Waals surface area (Å²) in [7, 11) is 0. The Morgan fingerprint density at radius 1 is 1.00 bits per heavy atom. The molecule has 4 rings (SSSR count). The first-order chi connectivity index (χ1) is 11.7. The van der Waals surface area contributed by atoms with Gasteiger partial charge in [-0.1, -0.05) is 60.2 Å². The second-order valence-corrected chi connectivity index (χ2v) is 6.72. The molecule has 2 nitrogen and oxygen atoms in total. The molecule has 0 fully saturated rings. The van der Waals surface area contributed by atoms with Crippen LogP contribution in [0.1, 0.15) is 23.6 Å². The van der Waals surface area contributed by atoms with Gasteiger partial charge in [-0.25, -0.2) is 0 Å². The quantitative estimate of drug-likeness (QED) is 0.655. The van der Waals surface area contributed by atoms with Crippen molar-refractivity contribution in [2.24, 2.45) is 0 Å². The highest BCUT2D eigenvalue weighted by Gasteiger charge is 2.21. The maximum Gasteiger partial charge on any atom is 0.111 e. The van der Waals surface area contributed by atoms with E-state index in [4.69, 9.17) is 12.2 Å². The summed E-state index contributed by atoms with van der Waals surface area (Å²) in [6, 6.07) is 19.6. The molecule has 3 heteroatoms. The molecule has 0 saturated heterocycles. The van der Waals surface area contributed by atoms with Crippen LogP contribution >= 0.6 is 12.2 Å². The minimum absolute atomic E-state index is 0.828. The van der Waals surface area contributed by atoms with Crippen molar-refractivity contribution in [2.45, 2.75) is 20.4 Å². The Hall–Kier alpha value is -2.39. The maximum atomic E-state index is 5.47. The van der Waals surface area contributed by atoms with Gasteiger partial charge in [0.1, 0.15) is 4.99 Å². The van der Waals surface area contributed by atoms with Gasteiger partial charge in [-0.05, 0) is 31.5 Å². The van der Waals surface area contributed by atoms with Crippen molar-refractivity contribution in [3.63, 3.8) is 0 Å². The number of hydrogen-bond donors (Lipinski definition) is 1. The molecule has 1 aliphatic rings. The lowest BCUT2D eigenvalue weighted by Gasteiger charge is -2.25. The van der Waals surface area contributed by atoms with E-state index in [1.807, 2.05) is 0 Å². The van der Waals surface area contributed by atoms with Gasteiger partial charge < -0.3 is 10.2 Å². The van der Waals surface area contributed by atoms with E-state index in [-0.39, 0.29) is 0 Å². The molecule has 1 heterocycles. The minimum Gasteiger partial charge on any atom is -0.367 e. The van der Waals surface area contributed by atoms with Crippen LogP contribution in [0.4, 0.5) is 11.4 Å². The van der Waals surface area contributed by atoms with Gasteiger partial charge in [0.05, 0.1) is 0 Å². The van der Waals surface area contributed by atoms with Gasteiger partial charge in [0.15, 0.2) is 0 Å². The standard InChI is InChI=1S/C21H20N2S/c1-3-23(13-15-9-7-14(2)8-10-15)19-12-11-18-20-16(19)5-4-6-17(20)21(24)22-18/h4-12H,3,13H2,1-2H3,(H,22,24). The van der Waals surface area contributed by atoms with E-state index >= 15 is 0 Å². The van der Waals surface area contributed by atoms with Gasteiger partial charge in [0.2, 0.25) is 0 Å². The molecule has 0 amide bonds. The van der Waals surface area contributed by atoms with E-state index in [0.717, 1.165) is 29.3 Å². The molecule has 0 spiro atoms. The zero-order valence-electron chi connectivity index (χ0n) is 14.0. The van der Waals surface area contributed by atoms with Gasteiger partial charge in [-0.3, -0.25) is 0 Å². The Kier molecular flexibility index (Phi) is 3.73. The summed E-state index contributed by atoms with van der Waals surface area (Å²) in [6.45, 7) is 6.21. The zero-order chi connectivity index (χ0) is 16.7. The number of anilines is 2. The summed E-state index contributed by atoms with van der Waals surface area (Å²) >= 11 is 5.47.